The van der Waals surface area contributed by atoms with Gasteiger partial charge in [-0.1, -0.05) is 29.8 Å². The van der Waals surface area contributed by atoms with Crippen LogP contribution in [-0.2, 0) is 11.3 Å². The molecule has 3 rings (SSSR count). The van der Waals surface area contributed by atoms with Gasteiger partial charge in [-0.05, 0) is 37.5 Å². The molecule has 0 aliphatic carbocycles. The van der Waals surface area contributed by atoms with Crippen LogP contribution in [0.4, 0.5) is 0 Å². The molecule has 2 aromatic rings. The zero-order chi connectivity index (χ0) is 19.2. The molecule has 1 atom stereocenters. The first-order valence-electron chi connectivity index (χ1n) is 9.28. The van der Waals surface area contributed by atoms with Gasteiger partial charge in [0.25, 0.3) is 5.91 Å². The van der Waals surface area contributed by atoms with Crippen molar-refractivity contribution in [1.29, 1.82) is 0 Å². The number of likely N-dealkylation sites (tertiary alicyclic amines) is 1. The molecule has 0 saturated carbocycles. The lowest BCUT2D eigenvalue weighted by molar-refractivity contribution is -0.00675. The van der Waals surface area contributed by atoms with Crippen molar-refractivity contribution in [2.24, 2.45) is 0 Å². The number of ether oxygens (including phenoxy) is 3. The fourth-order valence-electron chi connectivity index (χ4n) is 3.39. The molecule has 27 heavy (non-hydrogen) atoms. The van der Waals surface area contributed by atoms with E-state index in [0.717, 1.165) is 24.9 Å². The average Bonchev–Trinajstić information content (AvgIpc) is 2.71. The second kappa shape index (κ2) is 8.91. The molecule has 1 heterocycles. The molecule has 1 saturated heterocycles. The number of nitrogens with zero attached hydrogens (tertiary/aromatic N) is 1. The largest absolute Gasteiger partial charge is 0.497 e. The molecular weight excluding hydrogens is 342 g/mol. The lowest BCUT2D eigenvalue weighted by Crippen LogP contribution is -2.43. The second-order valence-electron chi connectivity index (χ2n) is 6.92. The van der Waals surface area contributed by atoms with Crippen LogP contribution < -0.4 is 9.47 Å². The van der Waals surface area contributed by atoms with E-state index in [9.17, 15) is 4.79 Å². The van der Waals surface area contributed by atoms with Crippen LogP contribution in [0, 0.1) is 6.92 Å². The Morgan fingerprint density at radius 3 is 2.52 bits per heavy atom. The number of aryl methyl sites for hydroxylation is 1. The SMILES string of the molecule is COc1cc(OC)cc(C(=O)N2CCC[C@@H](OCc3cccc(C)c3)C2)c1. The van der Waals surface area contributed by atoms with E-state index in [4.69, 9.17) is 14.2 Å². The maximum atomic E-state index is 13.0. The fraction of sp³-hybridized carbons (Fsp3) is 0.409. The number of piperidine rings is 1. The van der Waals surface area contributed by atoms with Gasteiger partial charge >= 0.3 is 0 Å². The van der Waals surface area contributed by atoms with Crippen LogP contribution in [0.15, 0.2) is 42.5 Å². The fourth-order valence-corrected chi connectivity index (χ4v) is 3.39. The maximum Gasteiger partial charge on any atom is 0.254 e. The Hall–Kier alpha value is -2.53. The number of amides is 1. The Bertz CT molecular complexity index is 767. The smallest absolute Gasteiger partial charge is 0.254 e. The number of rotatable bonds is 6. The zero-order valence-corrected chi connectivity index (χ0v) is 16.2. The van der Waals surface area contributed by atoms with Gasteiger partial charge in [0.1, 0.15) is 11.5 Å². The van der Waals surface area contributed by atoms with Gasteiger partial charge < -0.3 is 19.1 Å². The summed E-state index contributed by atoms with van der Waals surface area (Å²) >= 11 is 0. The van der Waals surface area contributed by atoms with Gasteiger partial charge in [-0.25, -0.2) is 0 Å². The van der Waals surface area contributed by atoms with Crippen LogP contribution in [0.25, 0.3) is 0 Å². The first-order chi connectivity index (χ1) is 13.1. The van der Waals surface area contributed by atoms with E-state index in [2.05, 4.69) is 25.1 Å². The highest BCUT2D eigenvalue weighted by atomic mass is 16.5. The Kier molecular flexibility index (Phi) is 6.35. The van der Waals surface area contributed by atoms with Crippen LogP contribution in [0.2, 0.25) is 0 Å². The highest BCUT2D eigenvalue weighted by Crippen LogP contribution is 2.25. The Balaban J connectivity index is 1.64. The molecular formula is C22H27NO4. The van der Waals surface area contributed by atoms with Gasteiger partial charge in [0.05, 0.1) is 26.9 Å². The minimum absolute atomic E-state index is 0.0175. The van der Waals surface area contributed by atoms with E-state index in [1.807, 2.05) is 11.0 Å². The van der Waals surface area contributed by atoms with Gasteiger partial charge in [-0.15, -0.1) is 0 Å². The zero-order valence-electron chi connectivity index (χ0n) is 16.2. The van der Waals surface area contributed by atoms with Crippen LogP contribution in [0.1, 0.15) is 34.3 Å². The van der Waals surface area contributed by atoms with Gasteiger partial charge in [-0.3, -0.25) is 4.79 Å². The summed E-state index contributed by atoms with van der Waals surface area (Å²) in [5, 5.41) is 0. The minimum Gasteiger partial charge on any atom is -0.497 e. The van der Waals surface area contributed by atoms with Crippen LogP contribution >= 0.6 is 0 Å². The summed E-state index contributed by atoms with van der Waals surface area (Å²) in [5.74, 6) is 1.21. The van der Waals surface area contributed by atoms with Crippen molar-refractivity contribution in [2.75, 3.05) is 27.3 Å². The molecule has 1 aliphatic heterocycles. The van der Waals surface area contributed by atoms with Crippen molar-refractivity contribution < 1.29 is 19.0 Å². The molecule has 0 N–H and O–H groups in total. The first-order valence-corrected chi connectivity index (χ1v) is 9.28. The molecule has 0 aromatic heterocycles. The van der Waals surface area contributed by atoms with Crippen molar-refractivity contribution >= 4 is 5.91 Å². The topological polar surface area (TPSA) is 48.0 Å². The van der Waals surface area contributed by atoms with E-state index < -0.39 is 0 Å². The molecule has 1 aliphatic rings. The van der Waals surface area contributed by atoms with E-state index in [0.29, 0.717) is 30.2 Å². The highest BCUT2D eigenvalue weighted by Gasteiger charge is 2.25. The molecule has 0 spiro atoms. The number of carbonyl (C=O) groups excluding carboxylic acids is 1. The molecule has 0 unspecified atom stereocenters. The average molecular weight is 369 g/mol. The predicted molar refractivity (Wildman–Crippen MR) is 104 cm³/mol. The summed E-state index contributed by atoms with van der Waals surface area (Å²) in [5.41, 5.74) is 2.96. The summed E-state index contributed by atoms with van der Waals surface area (Å²) in [6.45, 7) is 3.99. The molecule has 144 valence electrons. The first kappa shape index (κ1) is 19.2. The van der Waals surface area contributed by atoms with Gasteiger partial charge in [-0.2, -0.15) is 0 Å². The quantitative estimate of drug-likeness (QED) is 0.776. The lowest BCUT2D eigenvalue weighted by atomic mass is 10.1. The lowest BCUT2D eigenvalue weighted by Gasteiger charge is -2.33. The Labute approximate surface area is 160 Å². The molecule has 0 radical (unpaired) electrons. The van der Waals surface area contributed by atoms with Crippen molar-refractivity contribution in [1.82, 2.24) is 4.90 Å². The van der Waals surface area contributed by atoms with E-state index in [-0.39, 0.29) is 12.0 Å². The van der Waals surface area contributed by atoms with Crippen molar-refractivity contribution in [2.45, 2.75) is 32.5 Å². The predicted octanol–water partition coefficient (Wildman–Crippen LogP) is 3.83. The molecule has 2 aromatic carbocycles. The molecule has 5 heteroatoms. The van der Waals surface area contributed by atoms with E-state index >= 15 is 0 Å². The minimum atomic E-state index is -0.0175. The summed E-state index contributed by atoms with van der Waals surface area (Å²) in [6, 6.07) is 13.6. The number of methoxy groups -OCH3 is 2. The normalized spacial score (nSPS) is 16.9. The standard InChI is InChI=1S/C22H27NO4/c1-16-6-4-7-17(10-16)15-27-19-8-5-9-23(14-19)22(24)18-11-20(25-2)13-21(12-18)26-3/h4,6-7,10-13,19H,5,8-9,14-15H2,1-3H3/t19-/m1/s1. The van der Waals surface area contributed by atoms with Gasteiger partial charge in [0, 0.05) is 24.7 Å². The van der Waals surface area contributed by atoms with Crippen molar-refractivity contribution in [3.8, 4) is 11.5 Å². The summed E-state index contributed by atoms with van der Waals surface area (Å²) in [4.78, 5) is 14.8. The number of hydrogen-bond acceptors (Lipinski definition) is 4. The Morgan fingerprint density at radius 1 is 1.11 bits per heavy atom. The molecule has 1 amide bonds. The number of benzene rings is 2. The van der Waals surface area contributed by atoms with Crippen molar-refractivity contribution in [3.63, 3.8) is 0 Å². The van der Waals surface area contributed by atoms with Crippen molar-refractivity contribution in [3.05, 3.63) is 59.2 Å². The van der Waals surface area contributed by atoms with Gasteiger partial charge in [0.2, 0.25) is 0 Å². The van der Waals surface area contributed by atoms with E-state index in [1.165, 1.54) is 5.56 Å². The van der Waals surface area contributed by atoms with E-state index in [1.54, 1.807) is 32.4 Å². The summed E-state index contributed by atoms with van der Waals surface area (Å²) in [6.07, 6.45) is 1.96. The molecule has 0 bridgehead atoms. The van der Waals surface area contributed by atoms with Crippen LogP contribution in [0.5, 0.6) is 11.5 Å². The third kappa shape index (κ3) is 5.01. The highest BCUT2D eigenvalue weighted by molar-refractivity contribution is 5.95. The second-order valence-corrected chi connectivity index (χ2v) is 6.92. The Morgan fingerprint density at radius 2 is 1.85 bits per heavy atom. The third-order valence-corrected chi connectivity index (χ3v) is 4.83. The molecule has 5 nitrogen and oxygen atoms in total. The van der Waals surface area contributed by atoms with Crippen LogP contribution in [-0.4, -0.2) is 44.2 Å². The van der Waals surface area contributed by atoms with Gasteiger partial charge in [0.15, 0.2) is 0 Å². The van der Waals surface area contributed by atoms with Crippen LogP contribution in [0.3, 0.4) is 0 Å². The number of carbonyl (C=O) groups is 1. The monoisotopic (exact) mass is 369 g/mol. The molecule has 1 fully saturated rings. The summed E-state index contributed by atoms with van der Waals surface area (Å²) < 4.78 is 16.6. The maximum absolute atomic E-state index is 13.0. The third-order valence-electron chi connectivity index (χ3n) is 4.83. The number of hydrogen-bond donors (Lipinski definition) is 0. The summed E-state index contributed by atoms with van der Waals surface area (Å²) in [7, 11) is 3.16.